The lowest BCUT2D eigenvalue weighted by molar-refractivity contribution is -0.121. The van der Waals surface area contributed by atoms with Crippen molar-refractivity contribution in [3.63, 3.8) is 0 Å². The van der Waals surface area contributed by atoms with Crippen LogP contribution in [0, 0.1) is 12.8 Å². The minimum atomic E-state index is -0.220. The molecule has 0 radical (unpaired) electrons. The summed E-state index contributed by atoms with van der Waals surface area (Å²) in [6, 6.07) is 8.83. The van der Waals surface area contributed by atoms with Crippen LogP contribution in [-0.4, -0.2) is 55.5 Å². The fourth-order valence-corrected chi connectivity index (χ4v) is 3.39. The van der Waals surface area contributed by atoms with E-state index in [0.29, 0.717) is 11.9 Å². The molecule has 0 aromatic heterocycles. The van der Waals surface area contributed by atoms with Crippen LogP contribution in [0.1, 0.15) is 44.7 Å². The molecule has 1 aliphatic rings. The second-order valence-electron chi connectivity index (χ2n) is 8.81. The largest absolute Gasteiger partial charge is 0.356 e. The number of carbonyl (C=O) groups is 1. The van der Waals surface area contributed by atoms with Crippen LogP contribution >= 0.6 is 24.0 Å². The van der Waals surface area contributed by atoms with Gasteiger partial charge in [0.05, 0.1) is 6.54 Å². The van der Waals surface area contributed by atoms with Crippen LogP contribution in [-0.2, 0) is 11.3 Å². The third kappa shape index (κ3) is 10.3. The normalized spacial score (nSPS) is 16.1. The molecule has 7 heteroatoms. The van der Waals surface area contributed by atoms with Gasteiger partial charge in [-0.1, -0.05) is 29.8 Å². The third-order valence-corrected chi connectivity index (χ3v) is 4.95. The molecule has 1 aromatic rings. The van der Waals surface area contributed by atoms with Crippen LogP contribution in [0.2, 0.25) is 0 Å². The van der Waals surface area contributed by atoms with Gasteiger partial charge >= 0.3 is 0 Å². The van der Waals surface area contributed by atoms with E-state index < -0.39 is 0 Å². The molecule has 0 atom stereocenters. The van der Waals surface area contributed by atoms with Gasteiger partial charge in [0.25, 0.3) is 0 Å². The van der Waals surface area contributed by atoms with Gasteiger partial charge in [0.1, 0.15) is 0 Å². The van der Waals surface area contributed by atoms with Crippen LogP contribution < -0.4 is 16.0 Å². The Morgan fingerprint density at radius 2 is 1.76 bits per heavy atom. The zero-order valence-electron chi connectivity index (χ0n) is 18.5. The van der Waals surface area contributed by atoms with E-state index in [0.717, 1.165) is 26.2 Å². The van der Waals surface area contributed by atoms with Crippen LogP contribution in [0.3, 0.4) is 0 Å². The molecule has 1 aromatic carbocycles. The average molecular weight is 515 g/mol. The first kappa shape index (κ1) is 25.7. The summed E-state index contributed by atoms with van der Waals surface area (Å²) < 4.78 is 0. The first-order valence-electron chi connectivity index (χ1n) is 10.3. The number of likely N-dealkylation sites (tertiary alicyclic amines) is 1. The van der Waals surface area contributed by atoms with Gasteiger partial charge in [-0.25, -0.2) is 0 Å². The van der Waals surface area contributed by atoms with Crippen LogP contribution in [0.15, 0.2) is 29.3 Å². The minimum absolute atomic E-state index is 0. The van der Waals surface area contributed by atoms with Crippen molar-refractivity contribution in [3.05, 3.63) is 35.4 Å². The van der Waals surface area contributed by atoms with Gasteiger partial charge in [-0.15, -0.1) is 24.0 Å². The molecule has 1 saturated heterocycles. The number of piperidine rings is 1. The average Bonchev–Trinajstić information content (AvgIpc) is 2.63. The topological polar surface area (TPSA) is 68.8 Å². The van der Waals surface area contributed by atoms with Gasteiger partial charge in [0.2, 0.25) is 5.91 Å². The number of aryl methyl sites for hydroxylation is 1. The quantitative estimate of drug-likeness (QED) is 0.310. The number of aliphatic imine (C=N–C) groups is 1. The van der Waals surface area contributed by atoms with Gasteiger partial charge in [-0.05, 0) is 65.1 Å². The van der Waals surface area contributed by atoms with Crippen molar-refractivity contribution in [2.24, 2.45) is 10.9 Å². The minimum Gasteiger partial charge on any atom is -0.356 e. The Kier molecular flexibility index (Phi) is 11.0. The number of amides is 1. The number of halogens is 1. The highest BCUT2D eigenvalue weighted by Gasteiger charge is 2.20. The number of guanidine groups is 1. The summed E-state index contributed by atoms with van der Waals surface area (Å²) >= 11 is 0. The number of benzene rings is 1. The number of nitrogens with one attached hydrogen (secondary N) is 3. The van der Waals surface area contributed by atoms with E-state index >= 15 is 0 Å². The van der Waals surface area contributed by atoms with E-state index in [4.69, 9.17) is 0 Å². The third-order valence-electron chi connectivity index (χ3n) is 4.95. The van der Waals surface area contributed by atoms with E-state index in [1.54, 1.807) is 7.05 Å². The van der Waals surface area contributed by atoms with E-state index in [1.807, 2.05) is 20.8 Å². The molecule has 1 fully saturated rings. The Balaban J connectivity index is 0.00000420. The fraction of sp³-hybridized carbons (Fsp3) is 0.636. The Hall–Kier alpha value is -1.35. The molecule has 2 rings (SSSR count). The molecule has 0 spiro atoms. The number of hydrogen-bond acceptors (Lipinski definition) is 3. The first-order valence-corrected chi connectivity index (χ1v) is 10.3. The lowest BCUT2D eigenvalue weighted by Gasteiger charge is -2.32. The molecule has 1 aliphatic heterocycles. The molecule has 29 heavy (non-hydrogen) atoms. The summed E-state index contributed by atoms with van der Waals surface area (Å²) in [6.07, 6.45) is 2.36. The molecule has 0 aliphatic carbocycles. The summed E-state index contributed by atoms with van der Waals surface area (Å²) in [7, 11) is 1.74. The predicted molar refractivity (Wildman–Crippen MR) is 132 cm³/mol. The number of nitrogens with zero attached hydrogens (tertiary/aromatic N) is 2. The molecule has 0 unspecified atom stereocenters. The van der Waals surface area contributed by atoms with Crippen molar-refractivity contribution in [1.29, 1.82) is 0 Å². The maximum Gasteiger partial charge on any atom is 0.239 e. The number of rotatable bonds is 6. The van der Waals surface area contributed by atoms with Gasteiger partial charge in [0.15, 0.2) is 5.96 Å². The summed E-state index contributed by atoms with van der Waals surface area (Å²) in [6.45, 7) is 12.5. The summed E-state index contributed by atoms with van der Waals surface area (Å²) in [4.78, 5) is 18.7. The monoisotopic (exact) mass is 515 g/mol. The van der Waals surface area contributed by atoms with E-state index in [9.17, 15) is 4.79 Å². The number of hydrogen-bond donors (Lipinski definition) is 3. The highest BCUT2D eigenvalue weighted by Crippen LogP contribution is 2.18. The molecule has 164 valence electrons. The zero-order chi connectivity index (χ0) is 20.6. The van der Waals surface area contributed by atoms with Crippen molar-refractivity contribution in [2.75, 3.05) is 33.2 Å². The first-order chi connectivity index (χ1) is 13.2. The molecule has 6 nitrogen and oxygen atoms in total. The maximum absolute atomic E-state index is 11.9. The van der Waals surface area contributed by atoms with Crippen molar-refractivity contribution < 1.29 is 4.79 Å². The SMILES string of the molecule is CN=C(NCC(=O)NC(C)(C)C)NCC1CCN(Cc2ccc(C)cc2)CC1.I. The Labute approximate surface area is 193 Å². The second-order valence-corrected chi connectivity index (χ2v) is 8.81. The van der Waals surface area contributed by atoms with Crippen LogP contribution in [0.25, 0.3) is 0 Å². The lowest BCUT2D eigenvalue weighted by atomic mass is 9.96. The standard InChI is InChI=1S/C22H37N5O.HI/c1-17-6-8-19(9-7-17)16-27-12-10-18(11-13-27)14-24-21(23-5)25-15-20(28)26-22(2,3)4;/h6-9,18H,10-16H2,1-5H3,(H,26,28)(H2,23,24,25);1H. The van der Waals surface area contributed by atoms with E-state index in [-0.39, 0.29) is 42.0 Å². The highest BCUT2D eigenvalue weighted by atomic mass is 127. The van der Waals surface area contributed by atoms with Gasteiger partial charge in [-0.3, -0.25) is 14.7 Å². The summed E-state index contributed by atoms with van der Waals surface area (Å²) in [5.41, 5.74) is 2.48. The molecule has 3 N–H and O–H groups in total. The van der Waals surface area contributed by atoms with E-state index in [1.165, 1.54) is 24.0 Å². The Morgan fingerprint density at radius 1 is 1.14 bits per heavy atom. The summed E-state index contributed by atoms with van der Waals surface area (Å²) in [5, 5.41) is 9.40. The molecule has 1 heterocycles. The fourth-order valence-electron chi connectivity index (χ4n) is 3.39. The van der Waals surface area contributed by atoms with E-state index in [2.05, 4.69) is 57.0 Å². The van der Waals surface area contributed by atoms with Crippen molar-refractivity contribution >= 4 is 35.8 Å². The number of carbonyl (C=O) groups excluding carboxylic acids is 1. The van der Waals surface area contributed by atoms with Gasteiger partial charge in [0, 0.05) is 25.7 Å². The van der Waals surface area contributed by atoms with Crippen LogP contribution in [0.5, 0.6) is 0 Å². The highest BCUT2D eigenvalue weighted by molar-refractivity contribution is 14.0. The summed E-state index contributed by atoms with van der Waals surface area (Å²) in [5.74, 6) is 1.29. The van der Waals surface area contributed by atoms with Crippen molar-refractivity contribution in [2.45, 2.75) is 52.6 Å². The smallest absolute Gasteiger partial charge is 0.239 e. The predicted octanol–water partition coefficient (Wildman–Crippen LogP) is 2.90. The van der Waals surface area contributed by atoms with Gasteiger partial charge in [-0.2, -0.15) is 0 Å². The molecule has 1 amide bonds. The molecular weight excluding hydrogens is 477 g/mol. The Morgan fingerprint density at radius 3 is 2.31 bits per heavy atom. The van der Waals surface area contributed by atoms with Gasteiger partial charge < -0.3 is 16.0 Å². The maximum atomic E-state index is 11.9. The molecular formula is C22H38IN5O. The second kappa shape index (κ2) is 12.4. The van der Waals surface area contributed by atoms with Crippen molar-refractivity contribution in [3.8, 4) is 0 Å². The Bertz CT molecular complexity index is 646. The van der Waals surface area contributed by atoms with Crippen molar-refractivity contribution in [1.82, 2.24) is 20.9 Å². The molecule has 0 saturated carbocycles. The van der Waals surface area contributed by atoms with Crippen LogP contribution in [0.4, 0.5) is 0 Å². The molecule has 0 bridgehead atoms. The zero-order valence-corrected chi connectivity index (χ0v) is 20.9. The lowest BCUT2D eigenvalue weighted by Crippen LogP contribution is -2.49.